The number of hydrogen-bond donors (Lipinski definition) is 3. The summed E-state index contributed by atoms with van der Waals surface area (Å²) in [6, 6.07) is 0.103. The normalized spacial score (nSPS) is 14.0. The first kappa shape index (κ1) is 14.2. The van der Waals surface area contributed by atoms with E-state index in [1.807, 2.05) is 13.0 Å². The fourth-order valence-corrected chi connectivity index (χ4v) is 1.56. The van der Waals surface area contributed by atoms with Crippen molar-refractivity contribution in [2.24, 2.45) is 12.8 Å². The van der Waals surface area contributed by atoms with Crippen molar-refractivity contribution in [3.8, 4) is 0 Å². The zero-order chi connectivity index (χ0) is 13.9. The van der Waals surface area contributed by atoms with Crippen LogP contribution in [0.25, 0.3) is 0 Å². The molecular formula is C11H18N4O3. The third kappa shape index (κ3) is 3.56. The smallest absolute Gasteiger partial charge is 0.325 e. The van der Waals surface area contributed by atoms with Gasteiger partial charge in [-0.15, -0.1) is 0 Å². The van der Waals surface area contributed by atoms with Gasteiger partial charge in [-0.3, -0.25) is 14.3 Å². The van der Waals surface area contributed by atoms with Gasteiger partial charge in [0.2, 0.25) is 5.91 Å². The fourth-order valence-electron chi connectivity index (χ4n) is 1.56. The van der Waals surface area contributed by atoms with E-state index in [2.05, 4.69) is 10.4 Å². The zero-order valence-corrected chi connectivity index (χ0v) is 10.7. The van der Waals surface area contributed by atoms with E-state index in [0.717, 1.165) is 11.4 Å². The molecule has 7 heteroatoms. The molecule has 1 amide bonds. The molecule has 18 heavy (non-hydrogen) atoms. The molecule has 0 radical (unpaired) electrons. The van der Waals surface area contributed by atoms with Gasteiger partial charge in [-0.2, -0.15) is 5.10 Å². The predicted molar refractivity (Wildman–Crippen MR) is 64.9 cm³/mol. The number of rotatable bonds is 5. The molecule has 7 nitrogen and oxygen atoms in total. The summed E-state index contributed by atoms with van der Waals surface area (Å²) >= 11 is 0. The Hall–Kier alpha value is -1.89. The Balaban J connectivity index is 2.60. The van der Waals surface area contributed by atoms with Gasteiger partial charge in [0.15, 0.2) is 0 Å². The molecule has 0 aliphatic rings. The Morgan fingerprint density at radius 2 is 2.22 bits per heavy atom. The lowest BCUT2D eigenvalue weighted by molar-refractivity contribution is -0.141. The van der Waals surface area contributed by atoms with E-state index in [1.165, 1.54) is 6.92 Å². The number of nitrogens with zero attached hydrogens (tertiary/aromatic N) is 2. The molecule has 0 saturated carbocycles. The summed E-state index contributed by atoms with van der Waals surface area (Å²) in [6.07, 6.45) is 0.315. The van der Waals surface area contributed by atoms with Crippen LogP contribution in [-0.4, -0.2) is 38.8 Å². The number of carboxylic acids is 1. The number of aromatic nitrogens is 2. The summed E-state index contributed by atoms with van der Waals surface area (Å²) in [6.45, 7) is 3.24. The van der Waals surface area contributed by atoms with Crippen LogP contribution in [0.5, 0.6) is 0 Å². The minimum atomic E-state index is -1.09. The van der Waals surface area contributed by atoms with E-state index in [-0.39, 0.29) is 0 Å². The molecule has 0 bridgehead atoms. The lowest BCUT2D eigenvalue weighted by Crippen LogP contribution is -2.48. The molecule has 0 aliphatic carbocycles. The summed E-state index contributed by atoms with van der Waals surface area (Å²) in [5, 5.41) is 15.2. The van der Waals surface area contributed by atoms with Gasteiger partial charge in [0, 0.05) is 19.2 Å². The molecular weight excluding hydrogens is 236 g/mol. The van der Waals surface area contributed by atoms with E-state index in [0.29, 0.717) is 6.42 Å². The van der Waals surface area contributed by atoms with Gasteiger partial charge in [-0.25, -0.2) is 0 Å². The minimum Gasteiger partial charge on any atom is -0.480 e. The van der Waals surface area contributed by atoms with Gasteiger partial charge < -0.3 is 16.2 Å². The van der Waals surface area contributed by atoms with E-state index in [9.17, 15) is 9.59 Å². The van der Waals surface area contributed by atoms with E-state index < -0.39 is 24.0 Å². The van der Waals surface area contributed by atoms with Crippen molar-refractivity contribution < 1.29 is 14.7 Å². The van der Waals surface area contributed by atoms with E-state index >= 15 is 0 Å². The third-order valence-electron chi connectivity index (χ3n) is 2.59. The molecule has 1 rings (SSSR count). The van der Waals surface area contributed by atoms with Gasteiger partial charge >= 0.3 is 5.97 Å². The number of carbonyl (C=O) groups is 2. The number of aliphatic carboxylic acids is 1. The molecule has 0 aliphatic heterocycles. The first-order valence-electron chi connectivity index (χ1n) is 5.59. The maximum Gasteiger partial charge on any atom is 0.325 e. The topological polar surface area (TPSA) is 110 Å². The number of carboxylic acid groups (broad SMARTS) is 1. The monoisotopic (exact) mass is 254 g/mol. The molecule has 2 unspecified atom stereocenters. The summed E-state index contributed by atoms with van der Waals surface area (Å²) in [5.41, 5.74) is 7.41. The summed E-state index contributed by atoms with van der Waals surface area (Å²) in [5.74, 6) is -1.57. The van der Waals surface area contributed by atoms with Crippen LogP contribution >= 0.6 is 0 Å². The lowest BCUT2D eigenvalue weighted by atomic mass is 10.1. The van der Waals surface area contributed by atoms with Crippen LogP contribution in [0.2, 0.25) is 0 Å². The van der Waals surface area contributed by atoms with Crippen LogP contribution in [0, 0.1) is 6.92 Å². The average molecular weight is 254 g/mol. The van der Waals surface area contributed by atoms with Crippen LogP contribution in [0.15, 0.2) is 6.07 Å². The Labute approximate surface area is 105 Å². The zero-order valence-electron chi connectivity index (χ0n) is 10.7. The summed E-state index contributed by atoms with van der Waals surface area (Å²) < 4.78 is 1.66. The molecule has 4 N–H and O–H groups in total. The highest BCUT2D eigenvalue weighted by molar-refractivity contribution is 5.86. The molecule has 100 valence electrons. The Bertz CT molecular complexity index is 455. The van der Waals surface area contributed by atoms with Crippen molar-refractivity contribution >= 4 is 11.9 Å². The van der Waals surface area contributed by atoms with Crippen LogP contribution in [0.3, 0.4) is 0 Å². The number of hydrogen-bond acceptors (Lipinski definition) is 4. The van der Waals surface area contributed by atoms with Crippen molar-refractivity contribution in [2.45, 2.75) is 32.4 Å². The average Bonchev–Trinajstić information content (AvgIpc) is 2.56. The molecule has 0 saturated heterocycles. The number of amides is 1. The standard InChI is InChI=1S/C11H18N4O3/c1-6-4-8(15(3)14-6)5-9(12)10(16)13-7(2)11(17)18/h4,7,9H,5,12H2,1-3H3,(H,13,16)(H,17,18). The van der Waals surface area contributed by atoms with Gasteiger partial charge in [-0.05, 0) is 19.9 Å². The molecule has 2 atom stereocenters. The highest BCUT2D eigenvalue weighted by Gasteiger charge is 2.20. The molecule has 1 aromatic heterocycles. The number of aryl methyl sites for hydroxylation is 2. The van der Waals surface area contributed by atoms with Gasteiger partial charge in [0.05, 0.1) is 11.7 Å². The van der Waals surface area contributed by atoms with Crippen LogP contribution in [-0.2, 0) is 23.1 Å². The van der Waals surface area contributed by atoms with Crippen LogP contribution < -0.4 is 11.1 Å². The minimum absolute atomic E-state index is 0.315. The first-order valence-corrected chi connectivity index (χ1v) is 5.59. The van der Waals surface area contributed by atoms with E-state index in [1.54, 1.807) is 11.7 Å². The second-order valence-electron chi connectivity index (χ2n) is 4.28. The molecule has 0 aromatic carbocycles. The molecule has 1 heterocycles. The third-order valence-corrected chi connectivity index (χ3v) is 2.59. The van der Waals surface area contributed by atoms with Gasteiger partial charge in [-0.1, -0.05) is 0 Å². The Morgan fingerprint density at radius 1 is 1.61 bits per heavy atom. The van der Waals surface area contributed by atoms with Crippen molar-refractivity contribution in [1.82, 2.24) is 15.1 Å². The SMILES string of the molecule is Cc1cc(CC(N)C(=O)NC(C)C(=O)O)n(C)n1. The summed E-state index contributed by atoms with van der Waals surface area (Å²) in [7, 11) is 1.77. The Morgan fingerprint density at radius 3 is 2.67 bits per heavy atom. The van der Waals surface area contributed by atoms with E-state index in [4.69, 9.17) is 10.8 Å². The maximum absolute atomic E-state index is 11.7. The fraction of sp³-hybridized carbons (Fsp3) is 0.545. The van der Waals surface area contributed by atoms with Crippen molar-refractivity contribution in [1.29, 1.82) is 0 Å². The first-order chi connectivity index (χ1) is 8.31. The van der Waals surface area contributed by atoms with Gasteiger partial charge in [0.1, 0.15) is 6.04 Å². The van der Waals surface area contributed by atoms with Crippen molar-refractivity contribution in [3.05, 3.63) is 17.5 Å². The Kier molecular flexibility index (Phi) is 4.43. The van der Waals surface area contributed by atoms with Crippen molar-refractivity contribution in [2.75, 3.05) is 0 Å². The highest BCUT2D eigenvalue weighted by Crippen LogP contribution is 2.04. The van der Waals surface area contributed by atoms with Crippen LogP contribution in [0.4, 0.5) is 0 Å². The second-order valence-corrected chi connectivity index (χ2v) is 4.28. The van der Waals surface area contributed by atoms with Crippen molar-refractivity contribution in [3.63, 3.8) is 0 Å². The number of carbonyl (C=O) groups excluding carboxylic acids is 1. The van der Waals surface area contributed by atoms with Crippen LogP contribution in [0.1, 0.15) is 18.3 Å². The largest absolute Gasteiger partial charge is 0.480 e. The summed E-state index contributed by atoms with van der Waals surface area (Å²) in [4.78, 5) is 22.3. The quantitative estimate of drug-likeness (QED) is 0.636. The second kappa shape index (κ2) is 5.63. The maximum atomic E-state index is 11.7. The lowest BCUT2D eigenvalue weighted by Gasteiger charge is -2.14. The highest BCUT2D eigenvalue weighted by atomic mass is 16.4. The molecule has 1 aromatic rings. The van der Waals surface area contributed by atoms with Gasteiger partial charge in [0.25, 0.3) is 0 Å². The number of nitrogens with two attached hydrogens (primary N) is 1. The molecule has 0 fully saturated rings. The molecule has 0 spiro atoms. The number of nitrogens with one attached hydrogen (secondary N) is 1. The predicted octanol–water partition coefficient (Wildman–Crippen LogP) is -0.812.